The molecule has 0 radical (unpaired) electrons. The van der Waals surface area contributed by atoms with Crippen molar-refractivity contribution >= 4 is 5.95 Å². The first kappa shape index (κ1) is 17.6. The molecular weight excluding hydrogens is 335 g/mol. The van der Waals surface area contributed by atoms with Gasteiger partial charge in [-0.25, -0.2) is 9.37 Å². The first-order chi connectivity index (χ1) is 12.5. The van der Waals surface area contributed by atoms with Crippen molar-refractivity contribution in [3.05, 3.63) is 69.1 Å². The number of rotatable bonds is 4. The molecule has 2 heterocycles. The van der Waals surface area contributed by atoms with Crippen LogP contribution in [0.5, 0.6) is 0 Å². The molecule has 0 atom stereocenters. The fourth-order valence-corrected chi connectivity index (χ4v) is 2.91. The number of benzene rings is 1. The number of halogens is 1. The highest BCUT2D eigenvalue weighted by atomic mass is 19.1. The SMILES string of the molecule is CCn1cc(-c2c(-c3cccc(F)c3)nc(N)n(CC)c2=O)ccc1=O. The minimum Gasteiger partial charge on any atom is -0.369 e. The quantitative estimate of drug-likeness (QED) is 0.780. The highest BCUT2D eigenvalue weighted by Crippen LogP contribution is 2.28. The Balaban J connectivity index is 2.39. The molecule has 0 aliphatic rings. The molecule has 0 unspecified atom stereocenters. The van der Waals surface area contributed by atoms with Crippen LogP contribution in [0.2, 0.25) is 0 Å². The van der Waals surface area contributed by atoms with E-state index in [0.717, 1.165) is 0 Å². The normalized spacial score (nSPS) is 10.9. The maximum absolute atomic E-state index is 13.7. The largest absolute Gasteiger partial charge is 0.369 e. The van der Waals surface area contributed by atoms with Crippen LogP contribution in [0.3, 0.4) is 0 Å². The monoisotopic (exact) mass is 354 g/mol. The summed E-state index contributed by atoms with van der Waals surface area (Å²) >= 11 is 0. The predicted molar refractivity (Wildman–Crippen MR) is 99.3 cm³/mol. The Hall–Kier alpha value is -3.22. The van der Waals surface area contributed by atoms with Crippen molar-refractivity contribution in [1.82, 2.24) is 14.1 Å². The summed E-state index contributed by atoms with van der Waals surface area (Å²) < 4.78 is 16.6. The van der Waals surface area contributed by atoms with Gasteiger partial charge in [-0.1, -0.05) is 12.1 Å². The van der Waals surface area contributed by atoms with Crippen molar-refractivity contribution in [1.29, 1.82) is 0 Å². The van der Waals surface area contributed by atoms with Gasteiger partial charge in [0.15, 0.2) is 0 Å². The second-order valence-corrected chi connectivity index (χ2v) is 5.80. The van der Waals surface area contributed by atoms with Crippen molar-refractivity contribution in [2.45, 2.75) is 26.9 Å². The van der Waals surface area contributed by atoms with Crippen LogP contribution in [0.4, 0.5) is 10.3 Å². The van der Waals surface area contributed by atoms with Crippen LogP contribution in [0.25, 0.3) is 22.4 Å². The summed E-state index contributed by atoms with van der Waals surface area (Å²) in [6.45, 7) is 4.44. The van der Waals surface area contributed by atoms with Gasteiger partial charge in [-0.15, -0.1) is 0 Å². The molecule has 0 bridgehead atoms. The molecule has 0 saturated heterocycles. The van der Waals surface area contributed by atoms with Gasteiger partial charge < -0.3 is 10.3 Å². The lowest BCUT2D eigenvalue weighted by molar-refractivity contribution is 0.628. The molecule has 134 valence electrons. The van der Waals surface area contributed by atoms with E-state index in [9.17, 15) is 14.0 Å². The summed E-state index contributed by atoms with van der Waals surface area (Å²) in [7, 11) is 0. The van der Waals surface area contributed by atoms with Crippen LogP contribution in [0.1, 0.15) is 13.8 Å². The number of aromatic nitrogens is 3. The molecule has 0 aliphatic carbocycles. The maximum Gasteiger partial charge on any atom is 0.263 e. The van der Waals surface area contributed by atoms with E-state index in [1.807, 2.05) is 6.92 Å². The maximum atomic E-state index is 13.7. The van der Waals surface area contributed by atoms with Gasteiger partial charge in [0, 0.05) is 36.5 Å². The standard InChI is InChI=1S/C19H19FN4O2/c1-3-23-11-13(8-9-15(23)25)16-17(12-6-5-7-14(20)10-12)22-19(21)24(4-2)18(16)26/h5-11H,3-4H2,1-2H3,(H2,21,22). The van der Waals surface area contributed by atoms with E-state index in [1.165, 1.54) is 27.3 Å². The molecule has 3 aromatic rings. The van der Waals surface area contributed by atoms with Gasteiger partial charge in [-0.2, -0.15) is 0 Å². The number of pyridine rings is 1. The lowest BCUT2D eigenvalue weighted by atomic mass is 10.0. The zero-order valence-corrected chi connectivity index (χ0v) is 14.6. The number of hydrogen-bond acceptors (Lipinski definition) is 4. The van der Waals surface area contributed by atoms with E-state index in [2.05, 4.69) is 4.98 Å². The average molecular weight is 354 g/mol. The third kappa shape index (κ3) is 3.03. The van der Waals surface area contributed by atoms with E-state index in [0.29, 0.717) is 24.2 Å². The molecule has 0 amide bonds. The van der Waals surface area contributed by atoms with Gasteiger partial charge in [-0.3, -0.25) is 14.2 Å². The van der Waals surface area contributed by atoms with Gasteiger partial charge in [0.25, 0.3) is 11.1 Å². The van der Waals surface area contributed by atoms with Gasteiger partial charge in [0.05, 0.1) is 11.3 Å². The third-order valence-electron chi connectivity index (χ3n) is 4.23. The molecular formula is C19H19FN4O2. The Labute approximate surface area is 149 Å². The second kappa shape index (κ2) is 6.95. The first-order valence-electron chi connectivity index (χ1n) is 8.33. The molecule has 7 heteroatoms. The lowest BCUT2D eigenvalue weighted by Gasteiger charge is -2.15. The Morgan fingerprint density at radius 3 is 2.50 bits per heavy atom. The third-order valence-corrected chi connectivity index (χ3v) is 4.23. The lowest BCUT2D eigenvalue weighted by Crippen LogP contribution is -2.27. The van der Waals surface area contributed by atoms with Crippen molar-refractivity contribution in [3.8, 4) is 22.4 Å². The summed E-state index contributed by atoms with van der Waals surface area (Å²) in [6, 6.07) is 8.81. The molecule has 0 saturated carbocycles. The van der Waals surface area contributed by atoms with Crippen molar-refractivity contribution in [2.75, 3.05) is 5.73 Å². The van der Waals surface area contributed by atoms with Crippen LogP contribution < -0.4 is 16.9 Å². The molecule has 6 nitrogen and oxygen atoms in total. The summed E-state index contributed by atoms with van der Waals surface area (Å²) in [6.07, 6.45) is 1.61. The fourth-order valence-electron chi connectivity index (χ4n) is 2.91. The Morgan fingerprint density at radius 2 is 1.85 bits per heavy atom. The van der Waals surface area contributed by atoms with Crippen LogP contribution >= 0.6 is 0 Å². The summed E-state index contributed by atoms with van der Waals surface area (Å²) in [4.78, 5) is 29.3. The van der Waals surface area contributed by atoms with Gasteiger partial charge >= 0.3 is 0 Å². The van der Waals surface area contributed by atoms with Crippen LogP contribution in [-0.2, 0) is 13.1 Å². The fraction of sp³-hybridized carbons (Fsp3) is 0.211. The van der Waals surface area contributed by atoms with E-state index in [1.54, 1.807) is 31.3 Å². The minimum atomic E-state index is -0.438. The Morgan fingerprint density at radius 1 is 1.08 bits per heavy atom. The predicted octanol–water partition coefficient (Wildman–Crippen LogP) is 2.50. The number of nitrogens with zero attached hydrogens (tertiary/aromatic N) is 3. The number of nitrogen functional groups attached to an aromatic ring is 1. The average Bonchev–Trinajstić information content (AvgIpc) is 2.62. The van der Waals surface area contributed by atoms with Crippen LogP contribution in [0.15, 0.2) is 52.2 Å². The molecule has 0 aliphatic heterocycles. The van der Waals surface area contributed by atoms with Crippen molar-refractivity contribution < 1.29 is 4.39 Å². The number of anilines is 1. The van der Waals surface area contributed by atoms with Gasteiger partial charge in [0.2, 0.25) is 5.95 Å². The highest BCUT2D eigenvalue weighted by Gasteiger charge is 2.19. The first-order valence-corrected chi connectivity index (χ1v) is 8.33. The topological polar surface area (TPSA) is 82.9 Å². The summed E-state index contributed by atoms with van der Waals surface area (Å²) in [5, 5.41) is 0. The summed E-state index contributed by atoms with van der Waals surface area (Å²) in [5.41, 5.74) is 7.00. The van der Waals surface area contributed by atoms with Crippen LogP contribution in [-0.4, -0.2) is 14.1 Å². The van der Waals surface area contributed by atoms with E-state index in [-0.39, 0.29) is 28.3 Å². The highest BCUT2D eigenvalue weighted by molar-refractivity contribution is 5.80. The molecule has 26 heavy (non-hydrogen) atoms. The summed E-state index contributed by atoms with van der Waals surface area (Å²) in [5.74, 6) is -0.378. The van der Waals surface area contributed by atoms with Crippen molar-refractivity contribution in [2.24, 2.45) is 0 Å². The zero-order chi connectivity index (χ0) is 18.8. The molecule has 0 spiro atoms. The number of nitrogens with two attached hydrogens (primary N) is 1. The molecule has 0 fully saturated rings. The minimum absolute atomic E-state index is 0.0596. The van der Waals surface area contributed by atoms with Crippen LogP contribution in [0, 0.1) is 5.82 Å². The van der Waals surface area contributed by atoms with E-state index >= 15 is 0 Å². The second-order valence-electron chi connectivity index (χ2n) is 5.80. The molecule has 3 rings (SSSR count). The smallest absolute Gasteiger partial charge is 0.263 e. The van der Waals surface area contributed by atoms with E-state index < -0.39 is 5.82 Å². The van der Waals surface area contributed by atoms with Gasteiger partial charge in [-0.05, 0) is 32.0 Å². The van der Waals surface area contributed by atoms with E-state index in [4.69, 9.17) is 5.73 Å². The Kier molecular flexibility index (Phi) is 4.71. The van der Waals surface area contributed by atoms with Crippen molar-refractivity contribution in [3.63, 3.8) is 0 Å². The number of aryl methyl sites for hydroxylation is 1. The molecule has 2 N–H and O–H groups in total. The molecule has 2 aromatic heterocycles. The zero-order valence-electron chi connectivity index (χ0n) is 14.6. The Bertz CT molecular complexity index is 1090. The number of hydrogen-bond donors (Lipinski definition) is 1. The van der Waals surface area contributed by atoms with Gasteiger partial charge in [0.1, 0.15) is 5.82 Å². The molecule has 1 aromatic carbocycles.